The van der Waals surface area contributed by atoms with Gasteiger partial charge in [0.1, 0.15) is 36.0 Å². The van der Waals surface area contributed by atoms with Crippen LogP contribution in [0.3, 0.4) is 0 Å². The Morgan fingerprint density at radius 3 is 2.57 bits per heavy atom. The molecule has 0 saturated heterocycles. The predicted molar refractivity (Wildman–Crippen MR) is 102 cm³/mol. The number of benzene rings is 2. The van der Waals surface area contributed by atoms with Crippen molar-refractivity contribution in [2.45, 2.75) is 6.92 Å². The third kappa shape index (κ3) is 3.27. The summed E-state index contributed by atoms with van der Waals surface area (Å²) in [7, 11) is 0. The van der Waals surface area contributed by atoms with Gasteiger partial charge in [-0.05, 0) is 19.1 Å². The summed E-state index contributed by atoms with van der Waals surface area (Å²) in [6, 6.07) is 7.31. The SMILES string of the molecule is Cc1onc(-c2c(F)cccc2Cl)c1C(=O)Nc1cc2c(cc1Cl)OCCO2. The van der Waals surface area contributed by atoms with Crippen LogP contribution in [0.2, 0.25) is 10.0 Å². The summed E-state index contributed by atoms with van der Waals surface area (Å²) in [6.07, 6.45) is 0. The van der Waals surface area contributed by atoms with Crippen LogP contribution in [0.25, 0.3) is 11.3 Å². The average Bonchev–Trinajstić information content (AvgIpc) is 3.03. The number of halogens is 3. The number of ether oxygens (including phenoxy) is 2. The molecule has 0 atom stereocenters. The molecule has 0 fully saturated rings. The highest BCUT2D eigenvalue weighted by atomic mass is 35.5. The number of amides is 1. The Morgan fingerprint density at radius 2 is 1.86 bits per heavy atom. The molecule has 1 amide bonds. The molecule has 0 spiro atoms. The maximum Gasteiger partial charge on any atom is 0.261 e. The van der Waals surface area contributed by atoms with E-state index in [4.69, 9.17) is 37.2 Å². The van der Waals surface area contributed by atoms with Crippen LogP contribution in [0.15, 0.2) is 34.9 Å². The zero-order valence-corrected chi connectivity index (χ0v) is 16.0. The van der Waals surface area contributed by atoms with E-state index in [9.17, 15) is 9.18 Å². The Kier molecular flexibility index (Phi) is 4.87. The molecule has 2 heterocycles. The largest absolute Gasteiger partial charge is 0.486 e. The van der Waals surface area contributed by atoms with E-state index in [0.29, 0.717) is 30.4 Å². The van der Waals surface area contributed by atoms with E-state index in [1.165, 1.54) is 18.2 Å². The fourth-order valence-corrected chi connectivity index (χ4v) is 3.33. The maximum atomic E-state index is 14.3. The number of nitrogens with one attached hydrogen (secondary N) is 1. The van der Waals surface area contributed by atoms with Crippen LogP contribution in [0.4, 0.5) is 10.1 Å². The second kappa shape index (κ2) is 7.33. The molecule has 1 aromatic heterocycles. The van der Waals surface area contributed by atoms with Gasteiger partial charge in [-0.25, -0.2) is 4.39 Å². The standard InChI is InChI=1S/C19H13Cl2FN2O4/c1-9-16(18(24-28-9)17-10(20)3-2-4-12(17)22)19(25)23-13-8-15-14(7-11(13)21)26-5-6-27-15/h2-4,7-8H,5-6H2,1H3,(H,23,25). The molecule has 0 saturated carbocycles. The lowest BCUT2D eigenvalue weighted by atomic mass is 10.0. The normalized spacial score (nSPS) is 12.7. The molecule has 4 rings (SSSR count). The molecule has 0 radical (unpaired) electrons. The molecule has 9 heteroatoms. The van der Waals surface area contributed by atoms with Gasteiger partial charge in [0.05, 0.1) is 21.3 Å². The predicted octanol–water partition coefficient (Wildman–Crippen LogP) is 5.12. The lowest BCUT2D eigenvalue weighted by Gasteiger charge is -2.20. The molecule has 0 unspecified atom stereocenters. The summed E-state index contributed by atoms with van der Waals surface area (Å²) in [5.74, 6) is -0.0288. The van der Waals surface area contributed by atoms with E-state index < -0.39 is 11.7 Å². The van der Waals surface area contributed by atoms with Gasteiger partial charge >= 0.3 is 0 Å². The number of carbonyl (C=O) groups excluding carboxylic acids is 1. The number of hydrogen-bond donors (Lipinski definition) is 1. The number of rotatable bonds is 3. The third-order valence-corrected chi connectivity index (χ3v) is 4.80. The van der Waals surface area contributed by atoms with Crippen molar-refractivity contribution in [2.75, 3.05) is 18.5 Å². The number of aromatic nitrogens is 1. The Labute approximate surface area is 169 Å². The van der Waals surface area contributed by atoms with Gasteiger partial charge in [0.2, 0.25) is 0 Å². The van der Waals surface area contributed by atoms with E-state index in [1.807, 2.05) is 0 Å². The van der Waals surface area contributed by atoms with Crippen LogP contribution < -0.4 is 14.8 Å². The molecule has 28 heavy (non-hydrogen) atoms. The minimum Gasteiger partial charge on any atom is -0.486 e. The van der Waals surface area contributed by atoms with Crippen LogP contribution >= 0.6 is 23.2 Å². The highest BCUT2D eigenvalue weighted by molar-refractivity contribution is 6.34. The first-order valence-corrected chi connectivity index (χ1v) is 9.02. The molecule has 2 aromatic carbocycles. The second-order valence-electron chi connectivity index (χ2n) is 5.99. The van der Waals surface area contributed by atoms with Crippen molar-refractivity contribution in [3.05, 3.63) is 57.5 Å². The number of nitrogens with zero attached hydrogens (tertiary/aromatic N) is 1. The van der Waals surface area contributed by atoms with Gasteiger partial charge in [-0.15, -0.1) is 0 Å². The highest BCUT2D eigenvalue weighted by Gasteiger charge is 2.26. The van der Waals surface area contributed by atoms with Gasteiger partial charge in [0.25, 0.3) is 5.91 Å². The van der Waals surface area contributed by atoms with E-state index >= 15 is 0 Å². The molecule has 3 aromatic rings. The third-order valence-electron chi connectivity index (χ3n) is 4.17. The van der Waals surface area contributed by atoms with Gasteiger partial charge in [-0.2, -0.15) is 0 Å². The maximum absolute atomic E-state index is 14.3. The monoisotopic (exact) mass is 422 g/mol. The zero-order chi connectivity index (χ0) is 19.8. The van der Waals surface area contributed by atoms with Crippen molar-refractivity contribution in [3.8, 4) is 22.8 Å². The topological polar surface area (TPSA) is 73.6 Å². The van der Waals surface area contributed by atoms with Crippen LogP contribution in [0.5, 0.6) is 11.5 Å². The van der Waals surface area contributed by atoms with E-state index in [2.05, 4.69) is 10.5 Å². The van der Waals surface area contributed by atoms with E-state index in [1.54, 1.807) is 19.1 Å². The van der Waals surface area contributed by atoms with Gasteiger partial charge in [0, 0.05) is 12.1 Å². The minimum absolute atomic E-state index is 0.00626. The van der Waals surface area contributed by atoms with Gasteiger partial charge < -0.3 is 19.3 Å². The molecule has 6 nitrogen and oxygen atoms in total. The Bertz CT molecular complexity index is 1060. The number of fused-ring (bicyclic) bond motifs is 1. The fraction of sp³-hybridized carbons (Fsp3) is 0.158. The van der Waals surface area contributed by atoms with Gasteiger partial charge in [-0.3, -0.25) is 4.79 Å². The van der Waals surface area contributed by atoms with Crippen LogP contribution in [0.1, 0.15) is 16.1 Å². The van der Waals surface area contributed by atoms with Crippen molar-refractivity contribution >= 4 is 34.8 Å². The van der Waals surface area contributed by atoms with Crippen molar-refractivity contribution in [3.63, 3.8) is 0 Å². The summed E-state index contributed by atoms with van der Waals surface area (Å²) in [6.45, 7) is 2.36. The summed E-state index contributed by atoms with van der Waals surface area (Å²) in [4.78, 5) is 12.9. The minimum atomic E-state index is -0.618. The first-order chi connectivity index (χ1) is 13.5. The number of carbonyl (C=O) groups is 1. The Hall–Kier alpha value is -2.77. The van der Waals surface area contributed by atoms with Crippen molar-refractivity contribution in [1.29, 1.82) is 0 Å². The average molecular weight is 423 g/mol. The molecular weight excluding hydrogens is 410 g/mol. The number of anilines is 1. The molecule has 144 valence electrons. The molecule has 1 aliphatic heterocycles. The first-order valence-electron chi connectivity index (χ1n) is 8.27. The lowest BCUT2D eigenvalue weighted by molar-refractivity contribution is 0.102. The molecule has 1 aliphatic rings. The lowest BCUT2D eigenvalue weighted by Crippen LogP contribution is -2.17. The summed E-state index contributed by atoms with van der Waals surface area (Å²) >= 11 is 12.4. The van der Waals surface area contributed by atoms with Gasteiger partial charge in [0.15, 0.2) is 11.5 Å². The smallest absolute Gasteiger partial charge is 0.261 e. The van der Waals surface area contributed by atoms with Crippen LogP contribution in [0, 0.1) is 12.7 Å². The summed E-state index contributed by atoms with van der Waals surface area (Å²) in [5, 5.41) is 6.88. The summed E-state index contributed by atoms with van der Waals surface area (Å²) in [5.41, 5.74) is 0.353. The van der Waals surface area contributed by atoms with E-state index in [-0.39, 0.29) is 32.6 Å². The fourth-order valence-electron chi connectivity index (χ4n) is 2.88. The second-order valence-corrected chi connectivity index (χ2v) is 6.80. The molecule has 0 aliphatic carbocycles. The number of hydrogen-bond acceptors (Lipinski definition) is 5. The highest BCUT2D eigenvalue weighted by Crippen LogP contribution is 2.39. The first kappa shape index (κ1) is 18.6. The van der Waals surface area contributed by atoms with Crippen LogP contribution in [-0.4, -0.2) is 24.3 Å². The molecule has 1 N–H and O–H groups in total. The number of aryl methyl sites for hydroxylation is 1. The van der Waals surface area contributed by atoms with Crippen molar-refractivity contribution in [2.24, 2.45) is 0 Å². The van der Waals surface area contributed by atoms with Gasteiger partial charge in [-0.1, -0.05) is 34.4 Å². The van der Waals surface area contributed by atoms with Crippen molar-refractivity contribution in [1.82, 2.24) is 5.16 Å². The summed E-state index contributed by atoms with van der Waals surface area (Å²) < 4.78 is 30.4. The Morgan fingerprint density at radius 1 is 1.14 bits per heavy atom. The Balaban J connectivity index is 1.72. The quantitative estimate of drug-likeness (QED) is 0.633. The molecular formula is C19H13Cl2FN2O4. The molecule has 0 bridgehead atoms. The zero-order valence-electron chi connectivity index (χ0n) is 14.5. The van der Waals surface area contributed by atoms with Crippen molar-refractivity contribution < 1.29 is 23.2 Å². The van der Waals surface area contributed by atoms with Crippen LogP contribution in [-0.2, 0) is 0 Å². The van der Waals surface area contributed by atoms with E-state index in [0.717, 1.165) is 0 Å².